The summed E-state index contributed by atoms with van der Waals surface area (Å²) >= 11 is 6.43. The van der Waals surface area contributed by atoms with Crippen molar-refractivity contribution in [3.05, 3.63) is 52.8 Å². The maximum atomic E-state index is 13.5. The van der Waals surface area contributed by atoms with Gasteiger partial charge < -0.3 is 15.5 Å². The minimum atomic E-state index is -0.0673. The van der Waals surface area contributed by atoms with E-state index >= 15 is 0 Å². The molecular formula is C19H24ClN5O. The highest BCUT2D eigenvalue weighted by Crippen LogP contribution is 2.34. The summed E-state index contributed by atoms with van der Waals surface area (Å²) in [4.78, 5) is 15.5. The third-order valence-corrected chi connectivity index (χ3v) is 5.82. The molecule has 26 heavy (non-hydrogen) atoms. The van der Waals surface area contributed by atoms with E-state index in [2.05, 4.69) is 15.7 Å². The van der Waals surface area contributed by atoms with Crippen molar-refractivity contribution < 1.29 is 4.79 Å². The van der Waals surface area contributed by atoms with Gasteiger partial charge in [0.15, 0.2) is 0 Å². The molecule has 2 aromatic rings. The Labute approximate surface area is 158 Å². The second-order valence-corrected chi connectivity index (χ2v) is 7.50. The molecule has 2 N–H and O–H groups in total. The number of aryl methyl sites for hydroxylation is 1. The summed E-state index contributed by atoms with van der Waals surface area (Å²) in [5.41, 5.74) is 2.14. The number of hydrogen-bond donors (Lipinski definition) is 2. The first-order valence-corrected chi connectivity index (χ1v) is 9.48. The van der Waals surface area contributed by atoms with Crippen LogP contribution in [0.25, 0.3) is 0 Å². The fourth-order valence-electron chi connectivity index (χ4n) is 4.12. The number of aromatic nitrogens is 2. The minimum Gasteiger partial charge on any atom is -0.333 e. The Morgan fingerprint density at radius 3 is 2.85 bits per heavy atom. The van der Waals surface area contributed by atoms with Gasteiger partial charge >= 0.3 is 0 Å². The lowest BCUT2D eigenvalue weighted by molar-refractivity contribution is -0.138. The van der Waals surface area contributed by atoms with Crippen LogP contribution in [0.1, 0.15) is 23.1 Å². The highest BCUT2D eigenvalue weighted by Gasteiger charge is 2.40. The van der Waals surface area contributed by atoms with E-state index in [4.69, 9.17) is 11.6 Å². The molecule has 3 atom stereocenters. The van der Waals surface area contributed by atoms with Crippen molar-refractivity contribution in [2.75, 3.05) is 32.7 Å². The Kier molecular flexibility index (Phi) is 4.98. The number of carbonyl (C=O) groups excluding carboxylic acids is 1. The third kappa shape index (κ3) is 3.24. The largest absolute Gasteiger partial charge is 0.333 e. The summed E-state index contributed by atoms with van der Waals surface area (Å²) in [6.07, 6.45) is 3.89. The van der Waals surface area contributed by atoms with Gasteiger partial charge in [0.05, 0.1) is 18.2 Å². The van der Waals surface area contributed by atoms with Crippen LogP contribution in [0.5, 0.6) is 0 Å². The van der Waals surface area contributed by atoms with E-state index in [9.17, 15) is 4.79 Å². The highest BCUT2D eigenvalue weighted by molar-refractivity contribution is 6.31. The normalized spacial score (nSPS) is 26.2. The van der Waals surface area contributed by atoms with Crippen molar-refractivity contribution in [1.29, 1.82) is 0 Å². The Hall–Kier alpha value is -1.89. The smallest absolute Gasteiger partial charge is 0.228 e. The summed E-state index contributed by atoms with van der Waals surface area (Å²) in [5.74, 6) is 0.301. The molecule has 0 aliphatic carbocycles. The first kappa shape index (κ1) is 17.5. The standard InChI is InChI=1S/C19H24ClN5O/c1-24-12-13(8-23-24)15-9-22-10-16(15)19(26)25-7-6-21-11-18(25)14-4-2-3-5-17(14)20/h2-5,8,12,15-16,18,21-22H,6-7,9-11H2,1H3/t15-,16+,18?/m1/s1. The predicted molar refractivity (Wildman–Crippen MR) is 101 cm³/mol. The quantitative estimate of drug-likeness (QED) is 0.857. The van der Waals surface area contributed by atoms with Crippen molar-refractivity contribution in [1.82, 2.24) is 25.3 Å². The molecule has 1 aromatic heterocycles. The number of benzene rings is 1. The maximum absolute atomic E-state index is 13.5. The number of halogens is 1. The van der Waals surface area contributed by atoms with Crippen LogP contribution in [0, 0.1) is 5.92 Å². The van der Waals surface area contributed by atoms with Crippen molar-refractivity contribution in [2.45, 2.75) is 12.0 Å². The number of nitrogens with zero attached hydrogens (tertiary/aromatic N) is 3. The molecule has 1 aromatic carbocycles. The van der Waals surface area contributed by atoms with Crippen LogP contribution in [-0.4, -0.2) is 53.3 Å². The SMILES string of the molecule is Cn1cc([C@H]2CNC[C@@H]2C(=O)N2CCNCC2c2ccccc2Cl)cn1. The molecule has 2 aliphatic heterocycles. The molecule has 1 amide bonds. The maximum Gasteiger partial charge on any atom is 0.228 e. The van der Waals surface area contributed by atoms with Crippen LogP contribution in [0.2, 0.25) is 5.02 Å². The zero-order chi connectivity index (χ0) is 18.1. The van der Waals surface area contributed by atoms with Gasteiger partial charge in [-0.05, 0) is 17.2 Å². The first-order chi connectivity index (χ1) is 12.6. The molecule has 0 saturated carbocycles. The molecule has 0 radical (unpaired) electrons. The van der Waals surface area contributed by atoms with E-state index in [-0.39, 0.29) is 23.8 Å². The lowest BCUT2D eigenvalue weighted by atomic mass is 9.88. The van der Waals surface area contributed by atoms with Crippen LogP contribution in [0.3, 0.4) is 0 Å². The molecule has 2 saturated heterocycles. The van der Waals surface area contributed by atoms with Crippen LogP contribution in [0.4, 0.5) is 0 Å². The fraction of sp³-hybridized carbons (Fsp3) is 0.474. The Morgan fingerprint density at radius 2 is 2.08 bits per heavy atom. The van der Waals surface area contributed by atoms with Crippen molar-refractivity contribution in [3.8, 4) is 0 Å². The molecule has 4 rings (SSSR count). The van der Waals surface area contributed by atoms with Gasteiger partial charge in [0.1, 0.15) is 0 Å². The lowest BCUT2D eigenvalue weighted by Crippen LogP contribution is -2.51. The number of rotatable bonds is 3. The van der Waals surface area contributed by atoms with E-state index in [0.717, 1.165) is 30.8 Å². The monoisotopic (exact) mass is 373 g/mol. The molecule has 1 unspecified atom stereocenters. The summed E-state index contributed by atoms with van der Waals surface area (Å²) in [6.45, 7) is 3.76. The average molecular weight is 374 g/mol. The summed E-state index contributed by atoms with van der Waals surface area (Å²) in [5, 5.41) is 11.8. The zero-order valence-electron chi connectivity index (χ0n) is 14.9. The van der Waals surface area contributed by atoms with Gasteiger partial charge in [-0.3, -0.25) is 9.48 Å². The van der Waals surface area contributed by atoms with Gasteiger partial charge in [0.2, 0.25) is 5.91 Å². The molecule has 0 spiro atoms. The highest BCUT2D eigenvalue weighted by atomic mass is 35.5. The second kappa shape index (κ2) is 7.39. The number of amides is 1. The number of hydrogen-bond acceptors (Lipinski definition) is 4. The average Bonchev–Trinajstić information content (AvgIpc) is 3.30. The number of piperazine rings is 1. The van der Waals surface area contributed by atoms with Crippen LogP contribution < -0.4 is 10.6 Å². The number of carbonyl (C=O) groups is 1. The summed E-state index contributed by atoms with van der Waals surface area (Å²) < 4.78 is 1.80. The lowest BCUT2D eigenvalue weighted by Gasteiger charge is -2.39. The molecule has 0 bridgehead atoms. The van der Waals surface area contributed by atoms with E-state index < -0.39 is 0 Å². The van der Waals surface area contributed by atoms with E-state index in [0.29, 0.717) is 18.1 Å². The first-order valence-electron chi connectivity index (χ1n) is 9.10. The predicted octanol–water partition coefficient (Wildman–Crippen LogP) is 1.55. The van der Waals surface area contributed by atoms with E-state index in [1.54, 1.807) is 4.68 Å². The molecule has 138 valence electrons. The van der Waals surface area contributed by atoms with Gasteiger partial charge in [-0.25, -0.2) is 0 Å². The molecule has 6 nitrogen and oxygen atoms in total. The van der Waals surface area contributed by atoms with Gasteiger partial charge in [0.25, 0.3) is 0 Å². The van der Waals surface area contributed by atoms with Crippen molar-refractivity contribution in [2.24, 2.45) is 13.0 Å². The summed E-state index contributed by atoms with van der Waals surface area (Å²) in [7, 11) is 1.91. The molecule has 3 heterocycles. The second-order valence-electron chi connectivity index (χ2n) is 7.09. The fourth-order valence-corrected chi connectivity index (χ4v) is 4.39. The zero-order valence-corrected chi connectivity index (χ0v) is 15.6. The Morgan fingerprint density at radius 1 is 1.23 bits per heavy atom. The number of nitrogens with one attached hydrogen (secondary N) is 2. The van der Waals surface area contributed by atoms with Crippen LogP contribution >= 0.6 is 11.6 Å². The van der Waals surface area contributed by atoms with Gasteiger partial charge in [-0.1, -0.05) is 29.8 Å². The van der Waals surface area contributed by atoms with Gasteiger partial charge in [0, 0.05) is 56.9 Å². The molecule has 7 heteroatoms. The Balaban J connectivity index is 1.60. The van der Waals surface area contributed by atoms with Gasteiger partial charge in [-0.2, -0.15) is 5.10 Å². The van der Waals surface area contributed by atoms with E-state index in [1.807, 2.05) is 48.6 Å². The summed E-state index contributed by atoms with van der Waals surface area (Å²) in [6, 6.07) is 7.79. The molecular weight excluding hydrogens is 350 g/mol. The van der Waals surface area contributed by atoms with Crippen LogP contribution in [0.15, 0.2) is 36.7 Å². The van der Waals surface area contributed by atoms with Crippen molar-refractivity contribution >= 4 is 17.5 Å². The minimum absolute atomic E-state index is 0.0277. The molecule has 2 aliphatic rings. The van der Waals surface area contributed by atoms with Crippen molar-refractivity contribution in [3.63, 3.8) is 0 Å². The molecule has 2 fully saturated rings. The van der Waals surface area contributed by atoms with Gasteiger partial charge in [-0.15, -0.1) is 0 Å². The Bertz CT molecular complexity index is 792. The third-order valence-electron chi connectivity index (χ3n) is 5.48. The van der Waals surface area contributed by atoms with Crippen LogP contribution in [-0.2, 0) is 11.8 Å². The van der Waals surface area contributed by atoms with E-state index in [1.165, 1.54) is 0 Å². The topological polar surface area (TPSA) is 62.2 Å².